The number of hydrogen-bond acceptors (Lipinski definition) is 3. The lowest BCUT2D eigenvalue weighted by molar-refractivity contribution is 1.32. The molecule has 0 aliphatic heterocycles. The Morgan fingerprint density at radius 3 is 2.48 bits per heavy atom. The molecule has 0 saturated carbocycles. The van der Waals surface area contributed by atoms with E-state index in [4.69, 9.17) is 28.2 Å². The van der Waals surface area contributed by atoms with Gasteiger partial charge in [-0.2, -0.15) is 0 Å². The van der Waals surface area contributed by atoms with Gasteiger partial charge in [-0.25, -0.2) is 4.98 Å². The molecule has 0 aliphatic rings. The first-order valence-electron chi connectivity index (χ1n) is 7.73. The molecular formula is C20H13Cl2N3. The first-order chi connectivity index (χ1) is 12.2. The van der Waals surface area contributed by atoms with Crippen LogP contribution < -0.4 is 5.32 Å². The Balaban J connectivity index is 1.91. The van der Waals surface area contributed by atoms with Crippen molar-refractivity contribution in [2.24, 2.45) is 0 Å². The maximum absolute atomic E-state index is 6.37. The third-order valence-corrected chi connectivity index (χ3v) is 4.44. The summed E-state index contributed by atoms with van der Waals surface area (Å²) in [4.78, 5) is 8.81. The fraction of sp³-hybridized carbons (Fsp3) is 0. The molecule has 4 rings (SSSR count). The first-order valence-corrected chi connectivity index (χ1v) is 8.48. The molecular weight excluding hydrogens is 353 g/mol. The lowest BCUT2D eigenvalue weighted by atomic mass is 10.1. The Morgan fingerprint density at radius 1 is 0.840 bits per heavy atom. The number of rotatable bonds is 3. The predicted octanol–water partition coefficient (Wildman–Crippen LogP) is 6.35. The van der Waals surface area contributed by atoms with Gasteiger partial charge in [-0.15, -0.1) is 0 Å². The van der Waals surface area contributed by atoms with Crippen LogP contribution in [0, 0.1) is 0 Å². The molecule has 0 fully saturated rings. The molecule has 0 aliphatic carbocycles. The summed E-state index contributed by atoms with van der Waals surface area (Å²) < 4.78 is 0. The van der Waals surface area contributed by atoms with Crippen molar-refractivity contribution < 1.29 is 0 Å². The Kier molecular flexibility index (Phi) is 4.26. The molecule has 2 aromatic heterocycles. The number of benzene rings is 2. The van der Waals surface area contributed by atoms with Gasteiger partial charge >= 0.3 is 0 Å². The average Bonchev–Trinajstić information content (AvgIpc) is 2.64. The van der Waals surface area contributed by atoms with Crippen LogP contribution in [0.25, 0.3) is 22.2 Å². The molecule has 0 radical (unpaired) electrons. The van der Waals surface area contributed by atoms with E-state index in [2.05, 4.69) is 10.3 Å². The molecule has 0 unspecified atom stereocenters. The molecule has 122 valence electrons. The van der Waals surface area contributed by atoms with E-state index in [1.807, 2.05) is 48.5 Å². The van der Waals surface area contributed by atoms with Crippen LogP contribution in [0.15, 0.2) is 73.1 Å². The molecule has 0 atom stereocenters. The van der Waals surface area contributed by atoms with E-state index in [-0.39, 0.29) is 0 Å². The van der Waals surface area contributed by atoms with E-state index in [1.54, 1.807) is 24.5 Å². The van der Waals surface area contributed by atoms with E-state index < -0.39 is 0 Å². The molecule has 0 saturated heterocycles. The summed E-state index contributed by atoms with van der Waals surface area (Å²) in [5.74, 6) is 0. The minimum absolute atomic E-state index is 0.613. The van der Waals surface area contributed by atoms with Crippen molar-refractivity contribution in [3.05, 3.63) is 83.1 Å². The van der Waals surface area contributed by atoms with Crippen LogP contribution in [0.5, 0.6) is 0 Å². The summed E-state index contributed by atoms with van der Waals surface area (Å²) in [7, 11) is 0. The highest BCUT2D eigenvalue weighted by molar-refractivity contribution is 6.35. The van der Waals surface area contributed by atoms with Crippen molar-refractivity contribution in [3.8, 4) is 11.3 Å². The van der Waals surface area contributed by atoms with E-state index >= 15 is 0 Å². The smallest absolute Gasteiger partial charge is 0.0745 e. The Labute approximate surface area is 155 Å². The Morgan fingerprint density at radius 2 is 1.64 bits per heavy atom. The summed E-state index contributed by atoms with van der Waals surface area (Å²) >= 11 is 12.5. The van der Waals surface area contributed by atoms with Gasteiger partial charge < -0.3 is 5.32 Å². The monoisotopic (exact) mass is 365 g/mol. The minimum atomic E-state index is 0.613. The minimum Gasteiger partial charge on any atom is -0.355 e. The molecule has 0 bridgehead atoms. The van der Waals surface area contributed by atoms with E-state index in [9.17, 15) is 0 Å². The van der Waals surface area contributed by atoms with Gasteiger partial charge in [-0.1, -0.05) is 41.4 Å². The number of pyridine rings is 2. The molecule has 2 heterocycles. The number of nitrogens with zero attached hydrogens (tertiary/aromatic N) is 2. The molecule has 5 heteroatoms. The second kappa shape index (κ2) is 6.71. The molecule has 4 aromatic rings. The van der Waals surface area contributed by atoms with E-state index in [0.717, 1.165) is 33.5 Å². The number of aromatic nitrogens is 2. The van der Waals surface area contributed by atoms with Gasteiger partial charge in [0, 0.05) is 34.1 Å². The normalized spacial score (nSPS) is 10.8. The number of fused-ring (bicyclic) bond motifs is 1. The predicted molar refractivity (Wildman–Crippen MR) is 105 cm³/mol. The standard InChI is InChI=1S/C20H13Cl2N3/c21-13-5-6-17(22)16(11-13)20-12-19(24-14-7-9-23-10-8-14)15-3-1-2-4-18(15)25-20/h1-12H,(H,23,24,25). The summed E-state index contributed by atoms with van der Waals surface area (Å²) in [5.41, 5.74) is 4.35. The van der Waals surface area contributed by atoms with Gasteiger partial charge in [0.1, 0.15) is 0 Å². The van der Waals surface area contributed by atoms with Gasteiger partial charge in [0.25, 0.3) is 0 Å². The van der Waals surface area contributed by atoms with Crippen molar-refractivity contribution in [3.63, 3.8) is 0 Å². The number of nitrogens with one attached hydrogen (secondary N) is 1. The third-order valence-electron chi connectivity index (χ3n) is 3.88. The van der Waals surface area contributed by atoms with Crippen LogP contribution in [-0.2, 0) is 0 Å². The van der Waals surface area contributed by atoms with Crippen molar-refractivity contribution in [2.45, 2.75) is 0 Å². The van der Waals surface area contributed by atoms with Gasteiger partial charge in [-0.3, -0.25) is 4.98 Å². The molecule has 3 nitrogen and oxygen atoms in total. The van der Waals surface area contributed by atoms with Gasteiger partial charge in [0.15, 0.2) is 0 Å². The molecule has 25 heavy (non-hydrogen) atoms. The van der Waals surface area contributed by atoms with Crippen molar-refractivity contribution in [1.29, 1.82) is 0 Å². The highest BCUT2D eigenvalue weighted by Crippen LogP contribution is 2.34. The van der Waals surface area contributed by atoms with E-state index in [0.29, 0.717) is 10.0 Å². The Hall–Kier alpha value is -2.62. The van der Waals surface area contributed by atoms with Crippen LogP contribution in [0.2, 0.25) is 10.0 Å². The van der Waals surface area contributed by atoms with Gasteiger partial charge in [-0.05, 0) is 42.5 Å². The molecule has 2 aromatic carbocycles. The Bertz CT molecular complexity index is 1050. The van der Waals surface area contributed by atoms with Crippen LogP contribution in [0.4, 0.5) is 11.4 Å². The zero-order valence-electron chi connectivity index (χ0n) is 13.1. The first kappa shape index (κ1) is 15.9. The maximum Gasteiger partial charge on any atom is 0.0745 e. The average molecular weight is 366 g/mol. The van der Waals surface area contributed by atoms with Crippen LogP contribution in [0.1, 0.15) is 0 Å². The maximum atomic E-state index is 6.37. The second-order valence-corrected chi connectivity index (χ2v) is 6.40. The van der Waals surface area contributed by atoms with Crippen molar-refractivity contribution in [1.82, 2.24) is 9.97 Å². The number of anilines is 2. The fourth-order valence-corrected chi connectivity index (χ4v) is 3.09. The summed E-state index contributed by atoms with van der Waals surface area (Å²) in [6.45, 7) is 0. The van der Waals surface area contributed by atoms with Crippen LogP contribution >= 0.6 is 23.2 Å². The van der Waals surface area contributed by atoms with Gasteiger partial charge in [0.05, 0.1) is 21.9 Å². The summed E-state index contributed by atoms with van der Waals surface area (Å²) in [6.07, 6.45) is 3.50. The fourth-order valence-electron chi connectivity index (χ4n) is 2.70. The highest BCUT2D eigenvalue weighted by atomic mass is 35.5. The number of hydrogen-bond donors (Lipinski definition) is 1. The topological polar surface area (TPSA) is 37.8 Å². The number of para-hydroxylation sites is 1. The van der Waals surface area contributed by atoms with Gasteiger partial charge in [0.2, 0.25) is 0 Å². The summed E-state index contributed by atoms with van der Waals surface area (Å²) in [6, 6.07) is 19.2. The zero-order chi connectivity index (χ0) is 17.2. The molecule has 1 N–H and O–H groups in total. The number of halogens is 2. The lowest BCUT2D eigenvalue weighted by Gasteiger charge is -2.13. The van der Waals surface area contributed by atoms with Crippen molar-refractivity contribution >= 4 is 45.5 Å². The van der Waals surface area contributed by atoms with Crippen LogP contribution in [0.3, 0.4) is 0 Å². The summed E-state index contributed by atoms with van der Waals surface area (Å²) in [5, 5.41) is 5.70. The lowest BCUT2D eigenvalue weighted by Crippen LogP contribution is -1.95. The largest absolute Gasteiger partial charge is 0.355 e. The third kappa shape index (κ3) is 3.29. The SMILES string of the molecule is Clc1ccc(Cl)c(-c2cc(Nc3ccncc3)c3ccccc3n2)c1. The van der Waals surface area contributed by atoms with Crippen molar-refractivity contribution in [2.75, 3.05) is 5.32 Å². The zero-order valence-corrected chi connectivity index (χ0v) is 14.6. The molecule has 0 spiro atoms. The van der Waals surface area contributed by atoms with E-state index in [1.165, 1.54) is 0 Å². The molecule has 0 amide bonds. The van der Waals surface area contributed by atoms with Crippen LogP contribution in [-0.4, -0.2) is 9.97 Å². The highest BCUT2D eigenvalue weighted by Gasteiger charge is 2.11. The quantitative estimate of drug-likeness (QED) is 0.459. The second-order valence-electron chi connectivity index (χ2n) is 5.56.